The highest BCUT2D eigenvalue weighted by Gasteiger charge is 2.26. The molecule has 124 valence electrons. The second-order valence-electron chi connectivity index (χ2n) is 6.50. The Morgan fingerprint density at radius 3 is 2.35 bits per heavy atom. The van der Waals surface area contributed by atoms with E-state index in [0.717, 1.165) is 15.6 Å². The number of benzene rings is 2. The summed E-state index contributed by atoms with van der Waals surface area (Å²) in [6, 6.07) is 13.5. The van der Waals surface area contributed by atoms with E-state index >= 15 is 0 Å². The Morgan fingerprint density at radius 2 is 1.78 bits per heavy atom. The van der Waals surface area contributed by atoms with Crippen LogP contribution in [0.5, 0.6) is 0 Å². The summed E-state index contributed by atoms with van der Waals surface area (Å²) in [5.74, 6) is 0.482. The molecule has 2 aromatic rings. The SMILES string of the molecule is CC(C)(C)S(=O)CC(c1ccc(Cl)cc1)c1cc(Br)ccc1N. The Kier molecular flexibility index (Phi) is 5.93. The predicted molar refractivity (Wildman–Crippen MR) is 105 cm³/mol. The number of anilines is 1. The molecule has 2 nitrogen and oxygen atoms in total. The van der Waals surface area contributed by atoms with Gasteiger partial charge in [0, 0.05) is 42.4 Å². The molecular formula is C18H21BrClNOS. The number of nitrogens with two attached hydrogens (primary N) is 1. The average Bonchev–Trinajstić information content (AvgIpc) is 2.47. The van der Waals surface area contributed by atoms with E-state index in [4.69, 9.17) is 17.3 Å². The first-order valence-electron chi connectivity index (χ1n) is 7.37. The van der Waals surface area contributed by atoms with Crippen LogP contribution >= 0.6 is 27.5 Å². The van der Waals surface area contributed by atoms with Crippen LogP contribution in [-0.4, -0.2) is 14.7 Å². The van der Waals surface area contributed by atoms with Crippen molar-refractivity contribution in [3.05, 3.63) is 63.1 Å². The predicted octanol–water partition coefficient (Wildman–Crippen LogP) is 5.36. The lowest BCUT2D eigenvalue weighted by molar-refractivity contribution is 0.644. The zero-order valence-corrected chi connectivity index (χ0v) is 16.6. The quantitative estimate of drug-likeness (QED) is 0.684. The highest BCUT2D eigenvalue weighted by atomic mass is 79.9. The molecule has 0 aromatic heterocycles. The van der Waals surface area contributed by atoms with Crippen LogP contribution in [0.3, 0.4) is 0 Å². The lowest BCUT2D eigenvalue weighted by Crippen LogP contribution is -2.27. The monoisotopic (exact) mass is 413 g/mol. The van der Waals surface area contributed by atoms with Crippen molar-refractivity contribution in [2.24, 2.45) is 0 Å². The Bertz CT molecular complexity index is 710. The zero-order valence-electron chi connectivity index (χ0n) is 13.5. The molecule has 0 spiro atoms. The molecule has 0 aliphatic heterocycles. The minimum Gasteiger partial charge on any atom is -0.398 e. The van der Waals surface area contributed by atoms with Crippen LogP contribution in [0.4, 0.5) is 5.69 Å². The van der Waals surface area contributed by atoms with E-state index in [2.05, 4.69) is 15.9 Å². The summed E-state index contributed by atoms with van der Waals surface area (Å²) < 4.78 is 13.4. The third-order valence-corrected chi connectivity index (χ3v) is 6.45. The molecular weight excluding hydrogens is 394 g/mol. The van der Waals surface area contributed by atoms with E-state index < -0.39 is 10.8 Å². The van der Waals surface area contributed by atoms with E-state index in [9.17, 15) is 4.21 Å². The molecule has 0 amide bonds. The second-order valence-corrected chi connectivity index (χ2v) is 10.1. The van der Waals surface area contributed by atoms with Crippen LogP contribution in [0.15, 0.2) is 46.9 Å². The number of hydrogen-bond donors (Lipinski definition) is 1. The van der Waals surface area contributed by atoms with Crippen LogP contribution in [0, 0.1) is 0 Å². The van der Waals surface area contributed by atoms with Gasteiger partial charge in [-0.15, -0.1) is 0 Å². The summed E-state index contributed by atoms with van der Waals surface area (Å²) in [7, 11) is -0.992. The third-order valence-electron chi connectivity index (χ3n) is 3.70. The van der Waals surface area contributed by atoms with Crippen molar-refractivity contribution < 1.29 is 4.21 Å². The van der Waals surface area contributed by atoms with Gasteiger partial charge in [-0.05, 0) is 62.2 Å². The van der Waals surface area contributed by atoms with E-state index in [-0.39, 0.29) is 10.7 Å². The van der Waals surface area contributed by atoms with Crippen molar-refractivity contribution >= 4 is 44.0 Å². The lowest BCUT2D eigenvalue weighted by atomic mass is 9.92. The normalized spacial score (nSPS) is 14.5. The molecule has 2 aromatic carbocycles. The Balaban J connectivity index is 2.49. The molecule has 0 saturated heterocycles. The molecule has 0 aliphatic carbocycles. The molecule has 0 aliphatic rings. The molecule has 2 atom stereocenters. The van der Waals surface area contributed by atoms with Crippen molar-refractivity contribution in [1.82, 2.24) is 0 Å². The van der Waals surface area contributed by atoms with Crippen LogP contribution in [-0.2, 0) is 10.8 Å². The summed E-state index contributed by atoms with van der Waals surface area (Å²) in [5, 5.41) is 0.687. The van der Waals surface area contributed by atoms with Gasteiger partial charge in [0.05, 0.1) is 0 Å². The molecule has 2 rings (SSSR count). The van der Waals surface area contributed by atoms with Gasteiger partial charge >= 0.3 is 0 Å². The van der Waals surface area contributed by atoms with E-state index in [1.165, 1.54) is 0 Å². The largest absolute Gasteiger partial charge is 0.398 e. The summed E-state index contributed by atoms with van der Waals surface area (Å²) >= 11 is 9.51. The van der Waals surface area contributed by atoms with Crippen LogP contribution in [0.25, 0.3) is 0 Å². The second kappa shape index (κ2) is 7.37. The van der Waals surface area contributed by atoms with E-state index in [1.807, 2.05) is 63.2 Å². The molecule has 0 fully saturated rings. The summed E-state index contributed by atoms with van der Waals surface area (Å²) in [6.07, 6.45) is 0. The highest BCUT2D eigenvalue weighted by molar-refractivity contribution is 9.10. The van der Waals surface area contributed by atoms with E-state index in [1.54, 1.807) is 0 Å². The number of halogens is 2. The Hall–Kier alpha value is -0.840. The first kappa shape index (κ1) is 18.5. The number of rotatable bonds is 4. The molecule has 2 unspecified atom stereocenters. The first-order chi connectivity index (χ1) is 10.7. The standard InChI is InChI=1S/C18H21BrClNOS/c1-18(2,3)23(22)11-16(12-4-7-14(20)8-5-12)15-10-13(19)6-9-17(15)21/h4-10,16H,11,21H2,1-3H3. The number of hydrogen-bond acceptors (Lipinski definition) is 2. The van der Waals surface area contributed by atoms with Crippen LogP contribution in [0.1, 0.15) is 37.8 Å². The highest BCUT2D eigenvalue weighted by Crippen LogP contribution is 2.34. The fourth-order valence-corrected chi connectivity index (χ4v) is 3.99. The van der Waals surface area contributed by atoms with Crippen molar-refractivity contribution in [1.29, 1.82) is 0 Å². The van der Waals surface area contributed by atoms with Gasteiger partial charge in [0.25, 0.3) is 0 Å². The fraction of sp³-hybridized carbons (Fsp3) is 0.333. The van der Waals surface area contributed by atoms with Gasteiger partial charge in [-0.1, -0.05) is 39.7 Å². The van der Waals surface area contributed by atoms with Crippen molar-refractivity contribution in [2.45, 2.75) is 31.4 Å². The molecule has 5 heteroatoms. The minimum atomic E-state index is -0.992. The topological polar surface area (TPSA) is 43.1 Å². The van der Waals surface area contributed by atoms with Gasteiger partial charge in [-0.25, -0.2) is 0 Å². The van der Waals surface area contributed by atoms with Crippen LogP contribution in [0.2, 0.25) is 5.02 Å². The summed E-state index contributed by atoms with van der Waals surface area (Å²) in [6.45, 7) is 5.98. The maximum atomic E-state index is 12.7. The molecule has 2 N–H and O–H groups in total. The maximum Gasteiger partial charge on any atom is 0.0406 e. The van der Waals surface area contributed by atoms with E-state index in [0.29, 0.717) is 16.5 Å². The molecule has 0 heterocycles. The Labute approximate surface area is 154 Å². The van der Waals surface area contributed by atoms with Gasteiger partial charge in [-0.2, -0.15) is 0 Å². The van der Waals surface area contributed by atoms with Crippen molar-refractivity contribution in [3.63, 3.8) is 0 Å². The van der Waals surface area contributed by atoms with Crippen molar-refractivity contribution in [2.75, 3.05) is 11.5 Å². The van der Waals surface area contributed by atoms with Gasteiger partial charge in [0.1, 0.15) is 0 Å². The fourth-order valence-electron chi connectivity index (χ4n) is 2.31. The third kappa shape index (κ3) is 4.82. The lowest BCUT2D eigenvalue weighted by Gasteiger charge is -2.25. The van der Waals surface area contributed by atoms with Gasteiger partial charge in [0.2, 0.25) is 0 Å². The van der Waals surface area contributed by atoms with Gasteiger partial charge < -0.3 is 5.73 Å². The van der Waals surface area contributed by atoms with Crippen LogP contribution < -0.4 is 5.73 Å². The Morgan fingerprint density at radius 1 is 1.17 bits per heavy atom. The van der Waals surface area contributed by atoms with Crippen molar-refractivity contribution in [3.8, 4) is 0 Å². The number of nitrogen functional groups attached to an aromatic ring is 1. The smallest absolute Gasteiger partial charge is 0.0406 e. The first-order valence-corrected chi connectivity index (χ1v) is 9.86. The summed E-state index contributed by atoms with van der Waals surface area (Å²) in [5.41, 5.74) is 8.96. The zero-order chi connectivity index (χ0) is 17.2. The molecule has 23 heavy (non-hydrogen) atoms. The minimum absolute atomic E-state index is 0.0372. The molecule has 0 bridgehead atoms. The van der Waals surface area contributed by atoms with Gasteiger partial charge in [0.15, 0.2) is 0 Å². The van der Waals surface area contributed by atoms with Gasteiger partial charge in [-0.3, -0.25) is 4.21 Å². The maximum absolute atomic E-state index is 12.7. The summed E-state index contributed by atoms with van der Waals surface area (Å²) in [4.78, 5) is 0. The average molecular weight is 415 g/mol. The molecule has 0 radical (unpaired) electrons. The molecule has 0 saturated carbocycles.